The summed E-state index contributed by atoms with van der Waals surface area (Å²) in [5.74, 6) is -0.955. The number of fused-ring (bicyclic) bond motifs is 1. The van der Waals surface area contributed by atoms with Crippen LogP contribution in [0.25, 0.3) is 10.8 Å². The Hall–Kier alpha value is -4.79. The van der Waals surface area contributed by atoms with E-state index in [2.05, 4.69) is 15.6 Å². The molecule has 0 fully saturated rings. The molecule has 0 aliphatic carbocycles. The second kappa shape index (κ2) is 11.1. The number of nitro groups is 1. The normalized spacial score (nSPS) is 11.6. The van der Waals surface area contributed by atoms with Crippen molar-refractivity contribution in [3.63, 3.8) is 0 Å². The number of primary amides is 1. The molecule has 0 saturated carbocycles. The van der Waals surface area contributed by atoms with Crippen molar-refractivity contribution in [2.24, 2.45) is 5.73 Å². The second-order valence-corrected chi connectivity index (χ2v) is 8.31. The minimum atomic E-state index is -0.812. The molecule has 1 atom stereocenters. The first-order chi connectivity index (χ1) is 17.4. The fraction of sp³-hybridized carbons (Fsp3) is 0.148. The monoisotopic (exact) mass is 483 g/mol. The lowest BCUT2D eigenvalue weighted by Crippen LogP contribution is -2.33. The third kappa shape index (κ3) is 6.01. The summed E-state index contributed by atoms with van der Waals surface area (Å²) in [5, 5.41) is 19.6. The predicted octanol–water partition coefficient (Wildman–Crippen LogP) is 4.03. The Kier molecular flexibility index (Phi) is 7.50. The van der Waals surface area contributed by atoms with Gasteiger partial charge in [0.2, 0.25) is 11.8 Å². The number of carbonyl (C=O) groups is 2. The Morgan fingerprint density at radius 3 is 2.53 bits per heavy atom. The molecular formula is C27H25N5O4. The van der Waals surface area contributed by atoms with Gasteiger partial charge in [-0.15, -0.1) is 0 Å². The SMILES string of the molecule is NC(=O)CC(NC(=O)Cc1cccc2ccccc12)c1ccc(NCc2ccccn2)c([N+](=O)[O-])c1. The molecule has 1 unspecified atom stereocenters. The maximum Gasteiger partial charge on any atom is 0.292 e. The van der Waals surface area contributed by atoms with Crippen LogP contribution in [0.15, 0.2) is 85.1 Å². The molecular weight excluding hydrogens is 458 g/mol. The van der Waals surface area contributed by atoms with Crippen molar-refractivity contribution >= 4 is 34.0 Å². The van der Waals surface area contributed by atoms with E-state index in [-0.39, 0.29) is 24.4 Å². The van der Waals surface area contributed by atoms with Crippen molar-refractivity contribution in [2.75, 3.05) is 5.32 Å². The van der Waals surface area contributed by atoms with Crippen LogP contribution in [0.3, 0.4) is 0 Å². The van der Waals surface area contributed by atoms with Gasteiger partial charge >= 0.3 is 0 Å². The van der Waals surface area contributed by atoms with Crippen LogP contribution in [0.4, 0.5) is 11.4 Å². The zero-order chi connectivity index (χ0) is 25.5. The Labute approximate surface area is 207 Å². The fourth-order valence-corrected chi connectivity index (χ4v) is 4.07. The van der Waals surface area contributed by atoms with Crippen molar-refractivity contribution in [1.82, 2.24) is 10.3 Å². The van der Waals surface area contributed by atoms with Gasteiger partial charge in [-0.1, -0.05) is 54.6 Å². The van der Waals surface area contributed by atoms with Crippen molar-refractivity contribution in [3.8, 4) is 0 Å². The predicted molar refractivity (Wildman–Crippen MR) is 137 cm³/mol. The van der Waals surface area contributed by atoms with E-state index in [0.29, 0.717) is 17.8 Å². The zero-order valence-electron chi connectivity index (χ0n) is 19.4. The number of pyridine rings is 1. The standard InChI is InChI=1S/C27H25N5O4/c28-26(33)16-24(31-27(34)15-19-8-5-7-18-6-1-2-10-22(18)19)20-11-12-23(25(14-20)32(35)36)30-17-21-9-3-4-13-29-21/h1-14,24,30H,15-17H2,(H2,28,33)(H,31,34). The molecule has 3 aromatic carbocycles. The number of hydrogen-bond acceptors (Lipinski definition) is 6. The van der Waals surface area contributed by atoms with Crippen LogP contribution in [0.5, 0.6) is 0 Å². The highest BCUT2D eigenvalue weighted by Crippen LogP contribution is 2.30. The van der Waals surface area contributed by atoms with Gasteiger partial charge in [-0.3, -0.25) is 24.7 Å². The Balaban J connectivity index is 1.55. The van der Waals surface area contributed by atoms with Crippen LogP contribution in [-0.4, -0.2) is 21.7 Å². The molecule has 2 amide bonds. The average molecular weight is 484 g/mol. The highest BCUT2D eigenvalue weighted by Gasteiger charge is 2.22. The van der Waals surface area contributed by atoms with Crippen LogP contribution < -0.4 is 16.4 Å². The summed E-state index contributed by atoms with van der Waals surface area (Å²) in [5.41, 5.74) is 7.52. The molecule has 0 radical (unpaired) electrons. The van der Waals surface area contributed by atoms with Crippen molar-refractivity contribution in [1.29, 1.82) is 0 Å². The molecule has 1 aromatic heterocycles. The number of aromatic nitrogens is 1. The van der Waals surface area contributed by atoms with Gasteiger partial charge in [0.1, 0.15) is 5.69 Å². The summed E-state index contributed by atoms with van der Waals surface area (Å²) in [4.78, 5) is 40.2. The first kappa shape index (κ1) is 24.3. The van der Waals surface area contributed by atoms with E-state index in [0.717, 1.165) is 22.0 Å². The number of hydrogen-bond donors (Lipinski definition) is 3. The largest absolute Gasteiger partial charge is 0.374 e. The minimum absolute atomic E-state index is 0.0857. The summed E-state index contributed by atoms with van der Waals surface area (Å²) in [7, 11) is 0. The molecule has 0 aliphatic heterocycles. The van der Waals surface area contributed by atoms with E-state index in [1.54, 1.807) is 24.4 Å². The summed E-state index contributed by atoms with van der Waals surface area (Å²) >= 11 is 0. The molecule has 9 heteroatoms. The third-order valence-electron chi connectivity index (χ3n) is 5.78. The quantitative estimate of drug-likeness (QED) is 0.230. The van der Waals surface area contributed by atoms with E-state index in [1.807, 2.05) is 54.6 Å². The van der Waals surface area contributed by atoms with Crippen molar-refractivity contribution < 1.29 is 14.5 Å². The highest BCUT2D eigenvalue weighted by molar-refractivity contribution is 5.90. The third-order valence-corrected chi connectivity index (χ3v) is 5.78. The van der Waals surface area contributed by atoms with Gasteiger partial charge in [0.25, 0.3) is 5.69 Å². The zero-order valence-corrected chi connectivity index (χ0v) is 19.4. The van der Waals surface area contributed by atoms with Crippen molar-refractivity contribution in [2.45, 2.75) is 25.4 Å². The van der Waals surface area contributed by atoms with Gasteiger partial charge in [0.15, 0.2) is 0 Å². The lowest BCUT2D eigenvalue weighted by molar-refractivity contribution is -0.384. The number of nitrogens with one attached hydrogen (secondary N) is 2. The molecule has 0 bridgehead atoms. The lowest BCUT2D eigenvalue weighted by atomic mass is 9.99. The molecule has 0 spiro atoms. The van der Waals surface area contributed by atoms with E-state index >= 15 is 0 Å². The summed E-state index contributed by atoms with van der Waals surface area (Å²) < 4.78 is 0. The van der Waals surface area contributed by atoms with Crippen molar-refractivity contribution in [3.05, 3.63) is 112 Å². The molecule has 36 heavy (non-hydrogen) atoms. The number of carbonyl (C=O) groups excluding carboxylic acids is 2. The van der Waals surface area contributed by atoms with E-state index in [9.17, 15) is 19.7 Å². The number of rotatable bonds is 10. The van der Waals surface area contributed by atoms with Crippen LogP contribution in [0.2, 0.25) is 0 Å². The maximum atomic E-state index is 13.0. The Bertz CT molecular complexity index is 1400. The van der Waals surface area contributed by atoms with Gasteiger partial charge in [-0.25, -0.2) is 0 Å². The van der Waals surface area contributed by atoms with Crippen LogP contribution in [-0.2, 0) is 22.6 Å². The number of nitro benzene ring substituents is 1. The Morgan fingerprint density at radius 1 is 1.00 bits per heavy atom. The molecule has 182 valence electrons. The van der Waals surface area contributed by atoms with Gasteiger partial charge in [-0.2, -0.15) is 0 Å². The summed E-state index contributed by atoms with van der Waals surface area (Å²) in [6.07, 6.45) is 1.53. The number of nitrogens with zero attached hydrogens (tertiary/aromatic N) is 2. The molecule has 4 rings (SSSR count). The lowest BCUT2D eigenvalue weighted by Gasteiger charge is -2.19. The minimum Gasteiger partial charge on any atom is -0.374 e. The van der Waals surface area contributed by atoms with Gasteiger partial charge in [0.05, 0.1) is 36.0 Å². The maximum absolute atomic E-state index is 13.0. The molecule has 9 nitrogen and oxygen atoms in total. The highest BCUT2D eigenvalue weighted by atomic mass is 16.6. The topological polar surface area (TPSA) is 140 Å². The first-order valence-electron chi connectivity index (χ1n) is 11.4. The number of nitrogens with two attached hydrogens (primary N) is 1. The average Bonchev–Trinajstić information content (AvgIpc) is 2.87. The van der Waals surface area contributed by atoms with E-state index < -0.39 is 16.9 Å². The smallest absolute Gasteiger partial charge is 0.292 e. The molecule has 1 heterocycles. The van der Waals surface area contributed by atoms with Gasteiger partial charge < -0.3 is 16.4 Å². The van der Waals surface area contributed by atoms with E-state index in [1.165, 1.54) is 6.07 Å². The number of benzene rings is 3. The van der Waals surface area contributed by atoms with Gasteiger partial charge in [0, 0.05) is 12.3 Å². The molecule has 0 aliphatic rings. The summed E-state index contributed by atoms with van der Waals surface area (Å²) in [6, 6.07) is 22.6. The molecule has 4 N–H and O–H groups in total. The second-order valence-electron chi connectivity index (χ2n) is 8.31. The first-order valence-corrected chi connectivity index (χ1v) is 11.4. The number of anilines is 1. The van der Waals surface area contributed by atoms with Crippen LogP contribution in [0.1, 0.15) is 29.3 Å². The van der Waals surface area contributed by atoms with Gasteiger partial charge in [-0.05, 0) is 40.1 Å². The van der Waals surface area contributed by atoms with Crippen LogP contribution in [0, 0.1) is 10.1 Å². The molecule has 4 aromatic rings. The van der Waals surface area contributed by atoms with Crippen LogP contribution >= 0.6 is 0 Å². The summed E-state index contributed by atoms with van der Waals surface area (Å²) in [6.45, 7) is 0.299. The Morgan fingerprint density at radius 2 is 1.78 bits per heavy atom. The molecule has 0 saturated heterocycles. The fourth-order valence-electron chi connectivity index (χ4n) is 4.07. The van der Waals surface area contributed by atoms with E-state index in [4.69, 9.17) is 5.73 Å². The number of amides is 2.